The molecule has 6 heteroatoms. The Morgan fingerprint density at radius 3 is 2.53 bits per heavy atom. The van der Waals surface area contributed by atoms with Gasteiger partial charge in [0.15, 0.2) is 0 Å². The van der Waals surface area contributed by atoms with Crippen molar-refractivity contribution in [2.45, 2.75) is 12.8 Å². The molecular formula is C24H22N4O2. The minimum Gasteiger partial charge on any atom is -0.497 e. The van der Waals surface area contributed by atoms with Gasteiger partial charge in [-0.2, -0.15) is 0 Å². The maximum atomic E-state index is 11.9. The first-order valence-corrected chi connectivity index (χ1v) is 9.62. The van der Waals surface area contributed by atoms with Crippen LogP contribution in [0.3, 0.4) is 0 Å². The van der Waals surface area contributed by atoms with Crippen molar-refractivity contribution in [1.82, 2.24) is 9.97 Å². The fourth-order valence-electron chi connectivity index (χ4n) is 3.51. The standard InChI is InChI=1S/C24H22N4O2/c1-30-18-9-7-16(8-10-18)20-14-22(24(26)29)28-21-13-15(5-11-19(20)21)4-6-17-3-2-12-27-23(17)25/h2-3,5,7-14H,4,6H2,1H3,(H2,25,27)(H2,26,29). The zero-order valence-corrected chi connectivity index (χ0v) is 16.6. The number of primary amides is 1. The quantitative estimate of drug-likeness (QED) is 0.514. The number of nitrogens with two attached hydrogens (primary N) is 2. The Bertz CT molecular complexity index is 1220. The average molecular weight is 398 g/mol. The van der Waals surface area contributed by atoms with Crippen LogP contribution in [-0.4, -0.2) is 23.0 Å². The first-order chi connectivity index (χ1) is 14.5. The van der Waals surface area contributed by atoms with Crippen molar-refractivity contribution in [2.24, 2.45) is 5.73 Å². The van der Waals surface area contributed by atoms with Gasteiger partial charge in [-0.1, -0.05) is 30.3 Å². The summed E-state index contributed by atoms with van der Waals surface area (Å²) in [6.45, 7) is 0. The highest BCUT2D eigenvalue weighted by atomic mass is 16.5. The van der Waals surface area contributed by atoms with Gasteiger partial charge in [-0.25, -0.2) is 9.97 Å². The number of fused-ring (bicyclic) bond motifs is 1. The van der Waals surface area contributed by atoms with Crippen molar-refractivity contribution >= 4 is 22.6 Å². The summed E-state index contributed by atoms with van der Waals surface area (Å²) < 4.78 is 5.24. The number of carbonyl (C=O) groups is 1. The molecule has 0 unspecified atom stereocenters. The molecule has 1 amide bonds. The molecule has 30 heavy (non-hydrogen) atoms. The first-order valence-electron chi connectivity index (χ1n) is 9.62. The molecular weight excluding hydrogens is 376 g/mol. The number of methoxy groups -OCH3 is 1. The lowest BCUT2D eigenvalue weighted by molar-refractivity contribution is 0.0996. The summed E-state index contributed by atoms with van der Waals surface area (Å²) in [4.78, 5) is 20.5. The molecule has 0 radical (unpaired) electrons. The zero-order chi connectivity index (χ0) is 21.1. The number of hydrogen-bond donors (Lipinski definition) is 2. The summed E-state index contributed by atoms with van der Waals surface area (Å²) in [5, 5.41) is 0.954. The van der Waals surface area contributed by atoms with E-state index >= 15 is 0 Å². The van der Waals surface area contributed by atoms with Gasteiger partial charge in [0.1, 0.15) is 17.3 Å². The number of amides is 1. The van der Waals surface area contributed by atoms with Crippen LogP contribution in [0.2, 0.25) is 0 Å². The van der Waals surface area contributed by atoms with E-state index in [1.165, 1.54) is 0 Å². The van der Waals surface area contributed by atoms with Crippen LogP contribution in [0, 0.1) is 0 Å². The van der Waals surface area contributed by atoms with E-state index < -0.39 is 5.91 Å². The van der Waals surface area contributed by atoms with E-state index in [4.69, 9.17) is 16.2 Å². The number of anilines is 1. The molecule has 150 valence electrons. The Morgan fingerprint density at radius 1 is 1.03 bits per heavy atom. The predicted molar refractivity (Wildman–Crippen MR) is 118 cm³/mol. The highest BCUT2D eigenvalue weighted by Crippen LogP contribution is 2.31. The largest absolute Gasteiger partial charge is 0.497 e. The highest BCUT2D eigenvalue weighted by molar-refractivity contribution is 6.01. The number of ether oxygens (including phenoxy) is 1. The summed E-state index contributed by atoms with van der Waals surface area (Å²) >= 11 is 0. The summed E-state index contributed by atoms with van der Waals surface area (Å²) in [7, 11) is 1.63. The molecule has 4 N–H and O–H groups in total. The lowest BCUT2D eigenvalue weighted by Gasteiger charge is -2.11. The molecule has 2 aromatic heterocycles. The number of aromatic nitrogens is 2. The molecule has 0 aliphatic carbocycles. The van der Waals surface area contributed by atoms with Crippen LogP contribution in [0.1, 0.15) is 21.6 Å². The van der Waals surface area contributed by atoms with E-state index in [1.807, 2.05) is 48.5 Å². The van der Waals surface area contributed by atoms with Crippen LogP contribution < -0.4 is 16.2 Å². The Balaban J connectivity index is 1.73. The van der Waals surface area contributed by atoms with Gasteiger partial charge >= 0.3 is 0 Å². The number of hydrogen-bond acceptors (Lipinski definition) is 5. The molecule has 4 aromatic rings. The topological polar surface area (TPSA) is 104 Å². The number of nitrogen functional groups attached to an aromatic ring is 1. The van der Waals surface area contributed by atoms with Crippen molar-refractivity contribution in [3.63, 3.8) is 0 Å². The Morgan fingerprint density at radius 2 is 1.83 bits per heavy atom. The third-order valence-electron chi connectivity index (χ3n) is 5.14. The lowest BCUT2D eigenvalue weighted by Crippen LogP contribution is -2.13. The van der Waals surface area contributed by atoms with Crippen molar-refractivity contribution in [3.05, 3.63) is 83.7 Å². The molecule has 0 fully saturated rings. The summed E-state index contributed by atoms with van der Waals surface area (Å²) in [6, 6.07) is 19.4. The number of benzene rings is 2. The fourth-order valence-corrected chi connectivity index (χ4v) is 3.51. The molecule has 0 bridgehead atoms. The van der Waals surface area contributed by atoms with E-state index in [9.17, 15) is 4.79 Å². The molecule has 0 aliphatic heterocycles. The molecule has 2 aromatic carbocycles. The van der Waals surface area contributed by atoms with Crippen LogP contribution in [-0.2, 0) is 12.8 Å². The van der Waals surface area contributed by atoms with Crippen molar-refractivity contribution < 1.29 is 9.53 Å². The fraction of sp³-hybridized carbons (Fsp3) is 0.125. The first kappa shape index (κ1) is 19.4. The van der Waals surface area contributed by atoms with Gasteiger partial charge in [-0.05, 0) is 65.4 Å². The van der Waals surface area contributed by atoms with E-state index in [2.05, 4.69) is 16.0 Å². The highest BCUT2D eigenvalue weighted by Gasteiger charge is 2.12. The van der Waals surface area contributed by atoms with Crippen LogP contribution in [0.25, 0.3) is 22.0 Å². The molecule has 0 saturated heterocycles. The molecule has 6 nitrogen and oxygen atoms in total. The number of rotatable bonds is 6. The van der Waals surface area contributed by atoms with Gasteiger partial charge in [-0.3, -0.25) is 4.79 Å². The monoisotopic (exact) mass is 398 g/mol. The second-order valence-corrected chi connectivity index (χ2v) is 7.05. The van der Waals surface area contributed by atoms with Gasteiger partial charge in [0.25, 0.3) is 5.91 Å². The van der Waals surface area contributed by atoms with E-state index in [-0.39, 0.29) is 5.69 Å². The average Bonchev–Trinajstić information content (AvgIpc) is 2.77. The number of pyridine rings is 2. The lowest BCUT2D eigenvalue weighted by atomic mass is 9.97. The third kappa shape index (κ3) is 3.93. The number of aryl methyl sites for hydroxylation is 2. The molecule has 0 saturated carbocycles. The smallest absolute Gasteiger partial charge is 0.267 e. The maximum absolute atomic E-state index is 11.9. The maximum Gasteiger partial charge on any atom is 0.267 e. The minimum atomic E-state index is -0.555. The zero-order valence-electron chi connectivity index (χ0n) is 16.6. The summed E-state index contributed by atoms with van der Waals surface area (Å²) in [5.74, 6) is 0.763. The SMILES string of the molecule is COc1ccc(-c2cc(C(N)=O)nc3cc(CCc4cccnc4N)ccc23)cc1. The van der Waals surface area contributed by atoms with Crippen molar-refractivity contribution in [1.29, 1.82) is 0 Å². The van der Waals surface area contributed by atoms with Gasteiger partial charge in [0, 0.05) is 11.6 Å². The van der Waals surface area contributed by atoms with E-state index in [0.717, 1.165) is 51.7 Å². The molecule has 2 heterocycles. The molecule has 0 atom stereocenters. The van der Waals surface area contributed by atoms with Gasteiger partial charge in [0.2, 0.25) is 0 Å². The van der Waals surface area contributed by atoms with E-state index in [1.54, 1.807) is 19.4 Å². The second kappa shape index (κ2) is 8.21. The number of carbonyl (C=O) groups excluding carboxylic acids is 1. The van der Waals surface area contributed by atoms with Crippen molar-refractivity contribution in [3.8, 4) is 16.9 Å². The number of nitrogens with zero attached hydrogens (tertiary/aromatic N) is 2. The Kier molecular flexibility index (Phi) is 5.30. The summed E-state index contributed by atoms with van der Waals surface area (Å²) in [5.41, 5.74) is 16.4. The second-order valence-electron chi connectivity index (χ2n) is 7.05. The van der Waals surface area contributed by atoms with Gasteiger partial charge < -0.3 is 16.2 Å². The van der Waals surface area contributed by atoms with Gasteiger partial charge in [0.05, 0.1) is 12.6 Å². The van der Waals surface area contributed by atoms with Crippen LogP contribution in [0.15, 0.2) is 66.9 Å². The molecule has 4 rings (SSSR count). The predicted octanol–water partition coefficient (Wildman–Crippen LogP) is 3.77. The van der Waals surface area contributed by atoms with Crippen LogP contribution in [0.5, 0.6) is 5.75 Å². The van der Waals surface area contributed by atoms with E-state index in [0.29, 0.717) is 5.82 Å². The molecule has 0 spiro atoms. The Labute approximate surface area is 174 Å². The normalized spacial score (nSPS) is 10.8. The Hall–Kier alpha value is -3.93. The molecule has 0 aliphatic rings. The van der Waals surface area contributed by atoms with Crippen LogP contribution >= 0.6 is 0 Å². The minimum absolute atomic E-state index is 0.238. The third-order valence-corrected chi connectivity index (χ3v) is 5.14. The summed E-state index contributed by atoms with van der Waals surface area (Å²) in [6.07, 6.45) is 3.24. The van der Waals surface area contributed by atoms with Crippen molar-refractivity contribution in [2.75, 3.05) is 12.8 Å². The van der Waals surface area contributed by atoms with Gasteiger partial charge in [-0.15, -0.1) is 0 Å². The van der Waals surface area contributed by atoms with Crippen LogP contribution in [0.4, 0.5) is 5.82 Å².